The zero-order valence-corrected chi connectivity index (χ0v) is 11.3. The van der Waals surface area contributed by atoms with E-state index in [0.717, 1.165) is 31.2 Å². The summed E-state index contributed by atoms with van der Waals surface area (Å²) in [7, 11) is 0. The number of nitrogens with zero attached hydrogens (tertiary/aromatic N) is 2. The second kappa shape index (κ2) is 6.01. The van der Waals surface area contributed by atoms with Gasteiger partial charge in [0.2, 0.25) is 0 Å². The van der Waals surface area contributed by atoms with Crippen molar-refractivity contribution in [3.63, 3.8) is 0 Å². The molecule has 0 saturated heterocycles. The molecular formula is C16H18N2O2. The number of imidazole rings is 1. The largest absolute Gasteiger partial charge is 0.375 e. The number of rotatable bonds is 5. The molecule has 0 radical (unpaired) electrons. The van der Waals surface area contributed by atoms with Crippen LogP contribution in [0.4, 0.5) is 0 Å². The number of hydrogen-bond donors (Lipinski definition) is 0. The Balaban J connectivity index is 1.64. The van der Waals surface area contributed by atoms with Crippen LogP contribution in [0.1, 0.15) is 23.5 Å². The Morgan fingerprint density at radius 2 is 2.30 bits per heavy atom. The zero-order valence-electron chi connectivity index (χ0n) is 11.3. The number of carbonyl (C=O) groups excluding carboxylic acids is 1. The number of ether oxygens (including phenoxy) is 1. The molecule has 3 rings (SSSR count). The number of benzene rings is 1. The van der Waals surface area contributed by atoms with Gasteiger partial charge in [0.25, 0.3) is 0 Å². The third-order valence-corrected chi connectivity index (χ3v) is 3.90. The lowest BCUT2D eigenvalue weighted by molar-refractivity contribution is -0.113. The van der Waals surface area contributed by atoms with Crippen LogP contribution in [0.5, 0.6) is 0 Å². The molecule has 0 spiro atoms. The van der Waals surface area contributed by atoms with Crippen LogP contribution in [0.2, 0.25) is 0 Å². The number of aldehydes is 1. The second-order valence-corrected chi connectivity index (χ2v) is 5.11. The Kier molecular flexibility index (Phi) is 3.92. The Hall–Kier alpha value is -1.94. The highest BCUT2D eigenvalue weighted by atomic mass is 16.5. The third kappa shape index (κ3) is 2.65. The molecule has 0 N–H and O–H groups in total. The van der Waals surface area contributed by atoms with E-state index in [1.165, 1.54) is 5.56 Å². The average Bonchev–Trinajstić information content (AvgIpc) is 3.00. The molecule has 0 fully saturated rings. The van der Waals surface area contributed by atoms with Crippen LogP contribution in [-0.4, -0.2) is 28.5 Å². The maximum Gasteiger partial charge on any atom is 0.130 e. The van der Waals surface area contributed by atoms with E-state index in [9.17, 15) is 4.79 Å². The maximum absolute atomic E-state index is 11.4. The minimum Gasteiger partial charge on any atom is -0.375 e. The normalized spacial score (nSPS) is 21.4. The summed E-state index contributed by atoms with van der Waals surface area (Å²) in [5.41, 5.74) is 2.40. The third-order valence-electron chi connectivity index (χ3n) is 3.90. The summed E-state index contributed by atoms with van der Waals surface area (Å²) >= 11 is 0. The summed E-state index contributed by atoms with van der Waals surface area (Å²) in [4.78, 5) is 15.4. The van der Waals surface area contributed by atoms with Gasteiger partial charge in [-0.1, -0.05) is 24.3 Å². The fourth-order valence-electron chi connectivity index (χ4n) is 2.84. The number of aryl methyl sites for hydroxylation is 1. The fraction of sp³-hybridized carbons (Fsp3) is 0.375. The van der Waals surface area contributed by atoms with Gasteiger partial charge in [-0.3, -0.25) is 0 Å². The van der Waals surface area contributed by atoms with Crippen LogP contribution in [0.3, 0.4) is 0 Å². The van der Waals surface area contributed by atoms with Crippen LogP contribution >= 0.6 is 0 Å². The predicted molar refractivity (Wildman–Crippen MR) is 75.5 cm³/mol. The number of fused-ring (bicyclic) bond motifs is 1. The van der Waals surface area contributed by atoms with Crippen LogP contribution in [0.25, 0.3) is 0 Å². The van der Waals surface area contributed by atoms with Gasteiger partial charge in [0, 0.05) is 18.9 Å². The molecule has 1 aliphatic carbocycles. The van der Waals surface area contributed by atoms with Gasteiger partial charge in [-0.15, -0.1) is 0 Å². The first-order chi connectivity index (χ1) is 9.88. The van der Waals surface area contributed by atoms with Gasteiger partial charge in [-0.25, -0.2) is 4.98 Å². The van der Waals surface area contributed by atoms with Crippen LogP contribution in [0.15, 0.2) is 43.0 Å². The van der Waals surface area contributed by atoms with E-state index in [4.69, 9.17) is 4.74 Å². The summed E-state index contributed by atoms with van der Waals surface area (Å²) < 4.78 is 7.92. The molecule has 0 bridgehead atoms. The molecule has 4 nitrogen and oxygen atoms in total. The SMILES string of the molecule is O=CC1c2ccccc2CCC1OCCn1ccnc1. The summed E-state index contributed by atoms with van der Waals surface area (Å²) in [6, 6.07) is 8.16. The number of carbonyl (C=O) groups is 1. The molecule has 1 aliphatic rings. The fourth-order valence-corrected chi connectivity index (χ4v) is 2.84. The van der Waals surface area contributed by atoms with E-state index in [-0.39, 0.29) is 12.0 Å². The summed E-state index contributed by atoms with van der Waals surface area (Å²) in [6.45, 7) is 1.37. The van der Waals surface area contributed by atoms with E-state index >= 15 is 0 Å². The highest BCUT2D eigenvalue weighted by molar-refractivity contribution is 5.65. The second-order valence-electron chi connectivity index (χ2n) is 5.11. The van der Waals surface area contributed by atoms with Crippen molar-refractivity contribution in [1.82, 2.24) is 9.55 Å². The standard InChI is InChI=1S/C16H18N2O2/c19-11-15-14-4-2-1-3-13(14)5-6-16(15)20-10-9-18-8-7-17-12-18/h1-4,7-8,11-12,15-16H,5-6,9-10H2. The molecule has 0 amide bonds. The topological polar surface area (TPSA) is 44.1 Å². The van der Waals surface area contributed by atoms with Gasteiger partial charge in [0.15, 0.2) is 0 Å². The molecule has 1 heterocycles. The minimum absolute atomic E-state index is 0.00841. The van der Waals surface area contributed by atoms with E-state index in [1.807, 2.05) is 29.0 Å². The van der Waals surface area contributed by atoms with E-state index in [1.54, 1.807) is 12.5 Å². The molecule has 0 aliphatic heterocycles. The van der Waals surface area contributed by atoms with E-state index in [2.05, 4.69) is 11.1 Å². The van der Waals surface area contributed by atoms with Gasteiger partial charge >= 0.3 is 0 Å². The summed E-state index contributed by atoms with van der Waals surface area (Å²) in [5.74, 6) is -0.136. The Bertz CT molecular complexity index is 566. The predicted octanol–water partition coefficient (Wildman–Crippen LogP) is 2.20. The Labute approximate surface area is 118 Å². The highest BCUT2D eigenvalue weighted by Gasteiger charge is 2.29. The molecule has 4 heteroatoms. The van der Waals surface area contributed by atoms with E-state index in [0.29, 0.717) is 6.61 Å². The molecule has 20 heavy (non-hydrogen) atoms. The first-order valence-corrected chi connectivity index (χ1v) is 6.99. The van der Waals surface area contributed by atoms with E-state index < -0.39 is 0 Å². The van der Waals surface area contributed by atoms with Crippen molar-refractivity contribution < 1.29 is 9.53 Å². The quantitative estimate of drug-likeness (QED) is 0.782. The van der Waals surface area contributed by atoms with Gasteiger partial charge < -0.3 is 14.1 Å². The molecule has 2 atom stereocenters. The smallest absolute Gasteiger partial charge is 0.130 e. The van der Waals surface area contributed by atoms with Gasteiger partial charge in [0.05, 0.1) is 25.0 Å². The lowest BCUT2D eigenvalue weighted by Crippen LogP contribution is -2.30. The van der Waals surface area contributed by atoms with Crippen LogP contribution in [-0.2, 0) is 22.5 Å². The lowest BCUT2D eigenvalue weighted by atomic mass is 9.81. The van der Waals surface area contributed by atoms with Crippen molar-refractivity contribution >= 4 is 6.29 Å². The van der Waals surface area contributed by atoms with Gasteiger partial charge in [0.1, 0.15) is 6.29 Å². The van der Waals surface area contributed by atoms with Crippen LogP contribution in [0, 0.1) is 0 Å². The molecular weight excluding hydrogens is 252 g/mol. The molecule has 2 unspecified atom stereocenters. The molecule has 0 saturated carbocycles. The van der Waals surface area contributed by atoms with Crippen molar-refractivity contribution in [3.8, 4) is 0 Å². The molecule has 1 aromatic heterocycles. The van der Waals surface area contributed by atoms with Crippen molar-refractivity contribution in [2.45, 2.75) is 31.4 Å². The minimum atomic E-state index is -0.136. The van der Waals surface area contributed by atoms with Crippen molar-refractivity contribution in [3.05, 3.63) is 54.1 Å². The molecule has 2 aromatic rings. The number of aromatic nitrogens is 2. The molecule has 104 valence electrons. The van der Waals surface area contributed by atoms with Gasteiger partial charge in [-0.2, -0.15) is 0 Å². The van der Waals surface area contributed by atoms with Crippen molar-refractivity contribution in [2.24, 2.45) is 0 Å². The average molecular weight is 270 g/mol. The first kappa shape index (κ1) is 13.1. The summed E-state index contributed by atoms with van der Waals surface area (Å²) in [5, 5.41) is 0. The molecule has 1 aromatic carbocycles. The van der Waals surface area contributed by atoms with Crippen LogP contribution < -0.4 is 0 Å². The lowest BCUT2D eigenvalue weighted by Gasteiger charge is -2.30. The van der Waals surface area contributed by atoms with Crippen molar-refractivity contribution in [2.75, 3.05) is 6.61 Å². The zero-order chi connectivity index (χ0) is 13.8. The van der Waals surface area contributed by atoms with Crippen molar-refractivity contribution in [1.29, 1.82) is 0 Å². The Morgan fingerprint density at radius 3 is 3.10 bits per heavy atom. The maximum atomic E-state index is 11.4. The summed E-state index contributed by atoms with van der Waals surface area (Å²) in [6.07, 6.45) is 8.35. The number of hydrogen-bond acceptors (Lipinski definition) is 3. The highest BCUT2D eigenvalue weighted by Crippen LogP contribution is 2.32. The first-order valence-electron chi connectivity index (χ1n) is 6.99. The van der Waals surface area contributed by atoms with Gasteiger partial charge in [-0.05, 0) is 24.0 Å². The monoisotopic (exact) mass is 270 g/mol. The Morgan fingerprint density at radius 1 is 1.40 bits per heavy atom.